The summed E-state index contributed by atoms with van der Waals surface area (Å²) in [6, 6.07) is 3.86. The number of ether oxygens (including phenoxy) is 2. The van der Waals surface area contributed by atoms with E-state index >= 15 is 0 Å². The second-order valence-corrected chi connectivity index (χ2v) is 5.76. The maximum Gasteiger partial charge on any atom is 0.227 e. The van der Waals surface area contributed by atoms with Crippen LogP contribution >= 0.6 is 11.6 Å². The lowest BCUT2D eigenvalue weighted by Gasteiger charge is -2.15. The zero-order chi connectivity index (χ0) is 17.4. The number of aromatic nitrogens is 2. The first-order valence-electron chi connectivity index (χ1n) is 8.22. The Kier molecular flexibility index (Phi) is 7.34. The maximum atomic E-state index is 6.35. The molecule has 0 saturated carbocycles. The summed E-state index contributed by atoms with van der Waals surface area (Å²) in [4.78, 5) is 4.17. The highest BCUT2D eigenvalue weighted by atomic mass is 35.5. The van der Waals surface area contributed by atoms with Crippen LogP contribution in [0.5, 0.6) is 11.5 Å². The molecule has 2 rings (SSSR count). The van der Waals surface area contributed by atoms with Gasteiger partial charge in [-0.3, -0.25) is 0 Å². The molecule has 0 radical (unpaired) electrons. The molecule has 0 bridgehead atoms. The third kappa shape index (κ3) is 5.39. The van der Waals surface area contributed by atoms with Crippen molar-refractivity contribution in [2.24, 2.45) is 0 Å². The Bertz CT molecular complexity index is 646. The number of benzene rings is 1. The highest BCUT2D eigenvalue weighted by molar-refractivity contribution is 6.32. The van der Waals surface area contributed by atoms with E-state index in [0.717, 1.165) is 18.5 Å². The highest BCUT2D eigenvalue weighted by Crippen LogP contribution is 2.36. The van der Waals surface area contributed by atoms with Gasteiger partial charge in [-0.2, -0.15) is 4.98 Å². The quantitative estimate of drug-likeness (QED) is 0.659. The monoisotopic (exact) mass is 353 g/mol. The van der Waals surface area contributed by atoms with Gasteiger partial charge in [0.2, 0.25) is 5.89 Å². The van der Waals surface area contributed by atoms with Crippen molar-refractivity contribution >= 4 is 11.6 Å². The third-order valence-electron chi connectivity index (χ3n) is 3.23. The summed E-state index contributed by atoms with van der Waals surface area (Å²) in [7, 11) is 0. The number of nitrogens with one attached hydrogen (secondary N) is 1. The molecule has 6 nitrogen and oxygen atoms in total. The Labute approximate surface area is 147 Å². The number of halogens is 1. The van der Waals surface area contributed by atoms with Crippen LogP contribution in [0.25, 0.3) is 0 Å². The van der Waals surface area contributed by atoms with Crippen molar-refractivity contribution in [1.82, 2.24) is 15.5 Å². The van der Waals surface area contributed by atoms with Crippen molar-refractivity contribution in [2.75, 3.05) is 19.8 Å². The van der Waals surface area contributed by atoms with Crippen LogP contribution in [0.2, 0.25) is 5.02 Å². The molecule has 0 atom stereocenters. The molecule has 2 aromatic rings. The first kappa shape index (κ1) is 18.5. The molecular weight excluding hydrogens is 330 g/mol. The molecule has 1 N–H and O–H groups in total. The molecule has 0 unspecified atom stereocenters. The lowest BCUT2D eigenvalue weighted by atomic mass is 10.2. The Morgan fingerprint density at radius 2 is 2.08 bits per heavy atom. The van der Waals surface area contributed by atoms with Gasteiger partial charge in [-0.25, -0.2) is 0 Å². The Balaban J connectivity index is 1.94. The molecule has 132 valence electrons. The van der Waals surface area contributed by atoms with Crippen molar-refractivity contribution in [3.63, 3.8) is 0 Å². The molecule has 0 amide bonds. The van der Waals surface area contributed by atoms with Gasteiger partial charge in [-0.1, -0.05) is 23.7 Å². The van der Waals surface area contributed by atoms with Crippen LogP contribution in [-0.4, -0.2) is 29.9 Å². The van der Waals surface area contributed by atoms with Gasteiger partial charge in [-0.05, 0) is 38.0 Å². The zero-order valence-electron chi connectivity index (χ0n) is 14.4. The summed E-state index contributed by atoms with van der Waals surface area (Å²) in [6.07, 6.45) is 1.60. The van der Waals surface area contributed by atoms with Crippen LogP contribution in [-0.2, 0) is 13.0 Å². The maximum absolute atomic E-state index is 6.35. The molecule has 1 aromatic carbocycles. The molecule has 0 aliphatic heterocycles. The van der Waals surface area contributed by atoms with E-state index in [1.165, 1.54) is 0 Å². The van der Waals surface area contributed by atoms with Crippen LogP contribution in [0.1, 0.15) is 37.5 Å². The van der Waals surface area contributed by atoms with Crippen LogP contribution in [0.3, 0.4) is 0 Å². The van der Waals surface area contributed by atoms with E-state index in [0.29, 0.717) is 54.4 Å². The summed E-state index contributed by atoms with van der Waals surface area (Å²) >= 11 is 6.35. The van der Waals surface area contributed by atoms with E-state index < -0.39 is 0 Å². The topological polar surface area (TPSA) is 69.4 Å². The van der Waals surface area contributed by atoms with Gasteiger partial charge in [0, 0.05) is 19.5 Å². The molecule has 0 spiro atoms. The number of hydrogen-bond acceptors (Lipinski definition) is 6. The largest absolute Gasteiger partial charge is 0.490 e. The lowest BCUT2D eigenvalue weighted by Crippen LogP contribution is -2.17. The fraction of sp³-hybridized carbons (Fsp3) is 0.529. The van der Waals surface area contributed by atoms with Crippen LogP contribution < -0.4 is 14.8 Å². The van der Waals surface area contributed by atoms with Crippen molar-refractivity contribution in [2.45, 2.75) is 40.2 Å². The first-order chi connectivity index (χ1) is 11.6. The predicted octanol–water partition coefficient (Wildman–Crippen LogP) is 3.55. The average molecular weight is 354 g/mol. The summed E-state index contributed by atoms with van der Waals surface area (Å²) in [6.45, 7) is 8.37. The van der Waals surface area contributed by atoms with Gasteiger partial charge in [0.15, 0.2) is 17.3 Å². The lowest BCUT2D eigenvalue weighted by molar-refractivity contribution is 0.277. The Hall–Kier alpha value is -1.79. The number of hydrogen-bond donors (Lipinski definition) is 1. The van der Waals surface area contributed by atoms with Crippen LogP contribution in [0.15, 0.2) is 16.7 Å². The Morgan fingerprint density at radius 1 is 1.25 bits per heavy atom. The minimum absolute atomic E-state index is 0.562. The number of aryl methyl sites for hydroxylation is 1. The second kappa shape index (κ2) is 9.49. The summed E-state index contributed by atoms with van der Waals surface area (Å²) < 4.78 is 16.5. The minimum Gasteiger partial charge on any atom is -0.490 e. The molecule has 0 saturated heterocycles. The van der Waals surface area contributed by atoms with Gasteiger partial charge in [0.05, 0.1) is 18.2 Å². The molecule has 7 heteroatoms. The smallest absolute Gasteiger partial charge is 0.227 e. The normalized spacial score (nSPS) is 10.8. The summed E-state index contributed by atoms with van der Waals surface area (Å²) in [5.41, 5.74) is 1.04. The van der Waals surface area contributed by atoms with Crippen molar-refractivity contribution in [1.29, 1.82) is 0 Å². The van der Waals surface area contributed by atoms with E-state index in [1.807, 2.05) is 19.1 Å². The second-order valence-electron chi connectivity index (χ2n) is 5.35. The molecule has 1 aromatic heterocycles. The van der Waals surface area contributed by atoms with Gasteiger partial charge < -0.3 is 19.3 Å². The summed E-state index contributed by atoms with van der Waals surface area (Å²) in [5, 5.41) is 7.67. The van der Waals surface area contributed by atoms with Crippen molar-refractivity contribution in [3.8, 4) is 11.5 Å². The van der Waals surface area contributed by atoms with E-state index in [9.17, 15) is 0 Å². The van der Waals surface area contributed by atoms with E-state index in [-0.39, 0.29) is 0 Å². The standard InChI is InChI=1S/C17H24ClN3O3/c1-4-8-23-17-14(18)9-13(10-15(17)22-5-2)11-19-7-6-16-20-12(3)21-24-16/h9-10,19H,4-8,11H2,1-3H3. The van der Waals surface area contributed by atoms with E-state index in [1.54, 1.807) is 6.92 Å². The molecule has 24 heavy (non-hydrogen) atoms. The SMILES string of the molecule is CCCOc1c(Cl)cc(CNCCc2nc(C)no2)cc1OCC. The molecule has 1 heterocycles. The van der Waals surface area contributed by atoms with Gasteiger partial charge >= 0.3 is 0 Å². The fourth-order valence-corrected chi connectivity index (χ4v) is 2.49. The van der Waals surface area contributed by atoms with Gasteiger partial charge in [0.1, 0.15) is 0 Å². The number of rotatable bonds is 10. The Morgan fingerprint density at radius 3 is 2.75 bits per heavy atom. The zero-order valence-corrected chi connectivity index (χ0v) is 15.2. The minimum atomic E-state index is 0.562. The van der Waals surface area contributed by atoms with E-state index in [2.05, 4.69) is 22.4 Å². The number of nitrogens with zero attached hydrogens (tertiary/aromatic N) is 2. The van der Waals surface area contributed by atoms with Gasteiger partial charge in [0.25, 0.3) is 0 Å². The van der Waals surface area contributed by atoms with E-state index in [4.69, 9.17) is 25.6 Å². The first-order valence-corrected chi connectivity index (χ1v) is 8.59. The highest BCUT2D eigenvalue weighted by Gasteiger charge is 2.12. The molecule has 0 aliphatic carbocycles. The third-order valence-corrected chi connectivity index (χ3v) is 3.51. The predicted molar refractivity (Wildman–Crippen MR) is 92.9 cm³/mol. The molecule has 0 aliphatic rings. The fourth-order valence-electron chi connectivity index (χ4n) is 2.20. The van der Waals surface area contributed by atoms with Crippen LogP contribution in [0.4, 0.5) is 0 Å². The van der Waals surface area contributed by atoms with Crippen LogP contribution in [0, 0.1) is 6.92 Å². The van der Waals surface area contributed by atoms with Crippen molar-refractivity contribution in [3.05, 3.63) is 34.4 Å². The van der Waals surface area contributed by atoms with Crippen molar-refractivity contribution < 1.29 is 14.0 Å². The van der Waals surface area contributed by atoms with Gasteiger partial charge in [-0.15, -0.1) is 0 Å². The molecular formula is C17H24ClN3O3. The molecule has 0 fully saturated rings. The average Bonchev–Trinajstić information content (AvgIpc) is 2.96. The summed E-state index contributed by atoms with van der Waals surface area (Å²) in [5.74, 6) is 2.59.